The predicted molar refractivity (Wildman–Crippen MR) is 122 cm³/mol. The number of benzene rings is 2. The molecular weight excluding hydrogens is 370 g/mol. The van der Waals surface area contributed by atoms with Gasteiger partial charge in [0, 0.05) is 34.3 Å². The first-order valence-corrected chi connectivity index (χ1v) is 11.1. The lowest BCUT2D eigenvalue weighted by Gasteiger charge is -2.23. The number of nitrogens with one attached hydrogen (secondary N) is 2. The van der Waals surface area contributed by atoms with Gasteiger partial charge >= 0.3 is 0 Å². The first-order valence-electron chi connectivity index (χ1n) is 11.1. The second-order valence-corrected chi connectivity index (χ2v) is 8.66. The summed E-state index contributed by atoms with van der Waals surface area (Å²) < 4.78 is 1.90. The highest BCUT2D eigenvalue weighted by Gasteiger charge is 2.25. The van der Waals surface area contributed by atoms with E-state index in [1.165, 1.54) is 41.5 Å². The van der Waals surface area contributed by atoms with E-state index in [1.54, 1.807) is 0 Å². The topological polar surface area (TPSA) is 53.6 Å². The van der Waals surface area contributed by atoms with Gasteiger partial charge in [0.25, 0.3) is 5.56 Å². The zero-order valence-electron chi connectivity index (χ0n) is 17.5. The molecule has 1 unspecified atom stereocenters. The Hall–Kier alpha value is -3.01. The molecular formula is C26H29N3O. The molecule has 1 atom stereocenters. The smallest absolute Gasteiger partial charge is 0.266 e. The third-order valence-corrected chi connectivity index (χ3v) is 6.66. The van der Waals surface area contributed by atoms with Crippen LogP contribution < -0.4 is 5.56 Å². The van der Waals surface area contributed by atoms with Crippen molar-refractivity contribution >= 4 is 10.9 Å². The van der Waals surface area contributed by atoms with Gasteiger partial charge in [-0.3, -0.25) is 9.89 Å². The van der Waals surface area contributed by atoms with Crippen LogP contribution in [-0.2, 0) is 6.42 Å². The molecule has 1 saturated carbocycles. The standard InChI is InChI=1S/C26H29N3O/c1-18-26(21-14-8-9-15-23(21)27-18)22(16-19-10-4-2-5-11-19)24-17-25(30)29(28-24)20-12-6-3-7-13-20/h2,4-5,8-11,14-15,17,20,22,27-28H,3,6-7,12-13,16H2,1H3. The number of H-pyrrole nitrogens is 2. The van der Waals surface area contributed by atoms with Crippen molar-refractivity contribution in [2.45, 2.75) is 57.4 Å². The van der Waals surface area contributed by atoms with Crippen LogP contribution in [0.25, 0.3) is 10.9 Å². The lowest BCUT2D eigenvalue weighted by atomic mass is 9.87. The zero-order chi connectivity index (χ0) is 20.5. The van der Waals surface area contributed by atoms with Crippen molar-refractivity contribution in [3.8, 4) is 0 Å². The predicted octanol–water partition coefficient (Wildman–Crippen LogP) is 5.85. The van der Waals surface area contributed by atoms with E-state index in [1.807, 2.05) is 10.7 Å². The Morgan fingerprint density at radius 2 is 1.73 bits per heavy atom. The summed E-state index contributed by atoms with van der Waals surface area (Å²) in [6, 6.07) is 21.2. The number of rotatable bonds is 5. The summed E-state index contributed by atoms with van der Waals surface area (Å²) >= 11 is 0. The minimum absolute atomic E-state index is 0.0982. The van der Waals surface area contributed by atoms with Crippen LogP contribution in [0.1, 0.15) is 66.6 Å². The van der Waals surface area contributed by atoms with Crippen LogP contribution in [-0.4, -0.2) is 14.8 Å². The Bertz CT molecular complexity index is 1190. The molecule has 2 aromatic carbocycles. The summed E-state index contributed by atoms with van der Waals surface area (Å²) in [5.41, 5.74) is 6.00. The number of para-hydroxylation sites is 1. The van der Waals surface area contributed by atoms with Crippen molar-refractivity contribution in [2.75, 3.05) is 0 Å². The number of aryl methyl sites for hydroxylation is 1. The molecule has 2 N–H and O–H groups in total. The van der Waals surface area contributed by atoms with Crippen LogP contribution >= 0.6 is 0 Å². The summed E-state index contributed by atoms with van der Waals surface area (Å²) in [6.07, 6.45) is 6.74. The lowest BCUT2D eigenvalue weighted by molar-refractivity contribution is 0.321. The van der Waals surface area contributed by atoms with Crippen molar-refractivity contribution in [1.29, 1.82) is 0 Å². The normalized spacial score (nSPS) is 16.2. The molecule has 5 rings (SSSR count). The van der Waals surface area contributed by atoms with E-state index in [-0.39, 0.29) is 11.5 Å². The van der Waals surface area contributed by atoms with Crippen LogP contribution in [0.15, 0.2) is 65.5 Å². The number of aromatic nitrogens is 3. The lowest BCUT2D eigenvalue weighted by Crippen LogP contribution is -2.23. The van der Waals surface area contributed by atoms with Crippen molar-refractivity contribution in [1.82, 2.24) is 14.8 Å². The third kappa shape index (κ3) is 3.51. The number of aromatic amines is 2. The van der Waals surface area contributed by atoms with Gasteiger partial charge in [0.1, 0.15) is 0 Å². The maximum atomic E-state index is 12.9. The van der Waals surface area contributed by atoms with Gasteiger partial charge in [-0.15, -0.1) is 0 Å². The van der Waals surface area contributed by atoms with Gasteiger partial charge in [-0.2, -0.15) is 0 Å². The molecule has 4 heteroatoms. The molecule has 2 aromatic heterocycles. The van der Waals surface area contributed by atoms with Crippen LogP contribution in [0.4, 0.5) is 0 Å². The fraction of sp³-hybridized carbons (Fsp3) is 0.346. The summed E-state index contributed by atoms with van der Waals surface area (Å²) in [4.78, 5) is 16.5. The van der Waals surface area contributed by atoms with Crippen molar-refractivity contribution in [3.63, 3.8) is 0 Å². The monoisotopic (exact) mass is 399 g/mol. The Balaban J connectivity index is 1.62. The van der Waals surface area contributed by atoms with Crippen molar-refractivity contribution in [2.24, 2.45) is 0 Å². The highest BCUT2D eigenvalue weighted by atomic mass is 16.1. The minimum Gasteiger partial charge on any atom is -0.358 e. The van der Waals surface area contributed by atoms with E-state index in [4.69, 9.17) is 0 Å². The van der Waals surface area contributed by atoms with Crippen LogP contribution in [0, 0.1) is 6.92 Å². The third-order valence-electron chi connectivity index (χ3n) is 6.66. The second kappa shape index (κ2) is 8.02. The minimum atomic E-state index is 0.0982. The van der Waals surface area contributed by atoms with Gasteiger partial charge in [0.05, 0.1) is 6.04 Å². The van der Waals surface area contributed by atoms with Crippen molar-refractivity contribution in [3.05, 3.63) is 93.5 Å². The van der Waals surface area contributed by atoms with Gasteiger partial charge in [0.15, 0.2) is 0 Å². The first kappa shape index (κ1) is 19.0. The van der Waals surface area contributed by atoms with E-state index in [9.17, 15) is 4.79 Å². The average molecular weight is 400 g/mol. The molecule has 0 spiro atoms. The molecule has 0 aliphatic heterocycles. The number of fused-ring (bicyclic) bond motifs is 1. The van der Waals surface area contributed by atoms with E-state index < -0.39 is 0 Å². The molecule has 1 aliphatic carbocycles. The van der Waals surface area contributed by atoms with Gasteiger partial charge < -0.3 is 4.98 Å². The maximum absolute atomic E-state index is 12.9. The van der Waals surface area contributed by atoms with Gasteiger partial charge in [-0.1, -0.05) is 67.8 Å². The molecule has 0 saturated heterocycles. The Morgan fingerprint density at radius 3 is 2.53 bits per heavy atom. The number of nitrogens with zero attached hydrogens (tertiary/aromatic N) is 1. The van der Waals surface area contributed by atoms with Gasteiger partial charge in [-0.25, -0.2) is 4.68 Å². The van der Waals surface area contributed by atoms with Gasteiger partial charge in [-0.05, 0) is 43.4 Å². The van der Waals surface area contributed by atoms with Crippen LogP contribution in [0.3, 0.4) is 0 Å². The quantitative estimate of drug-likeness (QED) is 0.435. The van der Waals surface area contributed by atoms with Crippen molar-refractivity contribution < 1.29 is 0 Å². The highest BCUT2D eigenvalue weighted by molar-refractivity contribution is 5.85. The summed E-state index contributed by atoms with van der Waals surface area (Å²) in [6.45, 7) is 2.14. The fourth-order valence-corrected chi connectivity index (χ4v) is 5.18. The van der Waals surface area contributed by atoms with E-state index in [0.29, 0.717) is 6.04 Å². The molecule has 2 heterocycles. The molecule has 1 fully saturated rings. The maximum Gasteiger partial charge on any atom is 0.266 e. The number of hydrogen-bond donors (Lipinski definition) is 2. The number of hydrogen-bond acceptors (Lipinski definition) is 1. The SMILES string of the molecule is Cc1[nH]c2ccccc2c1C(Cc1ccccc1)c1cc(=O)n(C2CCCCC2)[nH]1. The zero-order valence-corrected chi connectivity index (χ0v) is 17.5. The molecule has 4 nitrogen and oxygen atoms in total. The highest BCUT2D eigenvalue weighted by Crippen LogP contribution is 2.35. The Kier molecular flexibility index (Phi) is 5.07. The molecule has 4 aromatic rings. The molecule has 154 valence electrons. The van der Waals surface area contributed by atoms with E-state index in [0.717, 1.165) is 30.5 Å². The second-order valence-electron chi connectivity index (χ2n) is 8.66. The van der Waals surface area contributed by atoms with Gasteiger partial charge in [0.2, 0.25) is 0 Å². The summed E-state index contributed by atoms with van der Waals surface area (Å²) in [7, 11) is 0. The van der Waals surface area contributed by atoms with E-state index in [2.05, 4.69) is 71.6 Å². The van der Waals surface area contributed by atoms with E-state index >= 15 is 0 Å². The molecule has 0 radical (unpaired) electrons. The average Bonchev–Trinajstić information content (AvgIpc) is 3.33. The first-order chi connectivity index (χ1) is 14.7. The van der Waals surface area contributed by atoms with Crippen LogP contribution in [0.2, 0.25) is 0 Å². The molecule has 1 aliphatic rings. The fourth-order valence-electron chi connectivity index (χ4n) is 5.18. The summed E-state index contributed by atoms with van der Waals surface area (Å²) in [5, 5.41) is 4.78. The Morgan fingerprint density at radius 1 is 1.00 bits per heavy atom. The Labute approximate surface area is 176 Å². The molecule has 0 amide bonds. The largest absolute Gasteiger partial charge is 0.358 e. The summed E-state index contributed by atoms with van der Waals surface area (Å²) in [5.74, 6) is 0.0982. The molecule has 30 heavy (non-hydrogen) atoms. The molecule has 0 bridgehead atoms. The van der Waals surface area contributed by atoms with Crippen LogP contribution in [0.5, 0.6) is 0 Å².